The van der Waals surface area contributed by atoms with Gasteiger partial charge in [0.1, 0.15) is 0 Å². The first kappa shape index (κ1) is 35.4. The monoisotopic (exact) mass is 831 g/mol. The Labute approximate surface area is 372 Å². The first-order chi connectivity index (χ1) is 31.8. The summed E-state index contributed by atoms with van der Waals surface area (Å²) in [7, 11) is 0. The molecule has 64 heavy (non-hydrogen) atoms. The predicted molar refractivity (Wildman–Crippen MR) is 273 cm³/mol. The predicted octanol–water partition coefficient (Wildman–Crippen LogP) is 16.7. The van der Waals surface area contributed by atoms with E-state index in [1.54, 1.807) is 0 Å². The van der Waals surface area contributed by atoms with Gasteiger partial charge in [0, 0.05) is 63.9 Å². The van der Waals surface area contributed by atoms with E-state index in [4.69, 9.17) is 0 Å². The molecule has 0 aliphatic rings. The zero-order valence-electron chi connectivity index (χ0n) is 34.6. The number of hydrogen-bond donors (Lipinski definition) is 0. The highest BCUT2D eigenvalue weighted by atomic mass is 32.1. The number of benzene rings is 10. The standard InChI is InChI=1S/C60H37N3S/c1-2-15-38(16-3-1)42-17-4-5-18-43(42)39-29-34-58-50(35-39)60-57(27-14-28-59(60)64-58)63-54-26-13-9-22-47(54)49-37-41(31-33-56(49)63)62-53-25-12-8-21-46(53)48-36-40(30-32-55(48)62)61-51-23-10-6-19-44(51)45-20-7-11-24-52(45)61/h1-37H. The Hall–Kier alpha value is -8.18. The molecule has 0 saturated carbocycles. The van der Waals surface area contributed by atoms with Crippen molar-refractivity contribution in [3.8, 4) is 39.3 Å². The van der Waals surface area contributed by atoms with E-state index in [2.05, 4.69) is 238 Å². The van der Waals surface area contributed by atoms with Gasteiger partial charge in [0.15, 0.2) is 0 Å². The van der Waals surface area contributed by atoms with Gasteiger partial charge >= 0.3 is 0 Å². The van der Waals surface area contributed by atoms with Gasteiger partial charge in [-0.25, -0.2) is 0 Å². The van der Waals surface area contributed by atoms with Gasteiger partial charge in [0.05, 0.1) is 38.8 Å². The molecule has 0 radical (unpaired) electrons. The van der Waals surface area contributed by atoms with Crippen molar-refractivity contribution >= 4 is 96.9 Å². The maximum absolute atomic E-state index is 2.50. The van der Waals surface area contributed by atoms with E-state index in [1.807, 2.05) is 11.3 Å². The molecule has 0 aliphatic heterocycles. The number of thiophene rings is 1. The summed E-state index contributed by atoms with van der Waals surface area (Å²) in [6.07, 6.45) is 0. The van der Waals surface area contributed by atoms with Crippen LogP contribution >= 0.6 is 11.3 Å². The molecule has 4 heteroatoms. The van der Waals surface area contributed by atoms with Crippen LogP contribution in [0, 0.1) is 0 Å². The van der Waals surface area contributed by atoms with E-state index in [9.17, 15) is 0 Å². The number of aromatic nitrogens is 3. The molecule has 0 bridgehead atoms. The lowest BCUT2D eigenvalue weighted by Gasteiger charge is -2.13. The SMILES string of the molecule is c1ccc(-c2ccccc2-c2ccc3sc4cccc(-n5c6ccccc6c6cc(-n7c8ccccc8c8cc(-n9c%10ccccc%10c%10ccccc%109)ccc87)ccc65)c4c3c2)cc1. The molecule has 4 heterocycles. The Balaban J connectivity index is 0.962. The summed E-state index contributed by atoms with van der Waals surface area (Å²) in [6, 6.07) is 82.7. The zero-order chi connectivity index (χ0) is 41.9. The molecule has 3 nitrogen and oxygen atoms in total. The molecular weight excluding hydrogens is 795 g/mol. The summed E-state index contributed by atoms with van der Waals surface area (Å²) < 4.78 is 9.94. The van der Waals surface area contributed by atoms with Gasteiger partial charge in [-0.2, -0.15) is 0 Å². The van der Waals surface area contributed by atoms with Crippen molar-refractivity contribution in [1.29, 1.82) is 0 Å². The third-order valence-electron chi connectivity index (χ3n) is 13.4. The van der Waals surface area contributed by atoms with Crippen LogP contribution in [0.3, 0.4) is 0 Å². The van der Waals surface area contributed by atoms with Crippen LogP contribution in [0.2, 0.25) is 0 Å². The summed E-state index contributed by atoms with van der Waals surface area (Å²) in [5.41, 5.74) is 15.6. The third kappa shape index (κ3) is 5.09. The normalized spacial score (nSPS) is 12.1. The molecule has 0 aliphatic carbocycles. The molecule has 0 unspecified atom stereocenters. The van der Waals surface area contributed by atoms with Crippen molar-refractivity contribution in [2.24, 2.45) is 0 Å². The quantitative estimate of drug-likeness (QED) is 0.164. The van der Waals surface area contributed by atoms with E-state index in [0.717, 1.165) is 11.4 Å². The van der Waals surface area contributed by atoms with Crippen molar-refractivity contribution < 1.29 is 0 Å². The van der Waals surface area contributed by atoms with Gasteiger partial charge in [-0.1, -0.05) is 140 Å². The van der Waals surface area contributed by atoms with Gasteiger partial charge in [-0.05, 0) is 107 Å². The minimum absolute atomic E-state index is 1.15. The van der Waals surface area contributed by atoms with Crippen LogP contribution in [0.4, 0.5) is 0 Å². The highest BCUT2D eigenvalue weighted by molar-refractivity contribution is 7.25. The van der Waals surface area contributed by atoms with Crippen LogP contribution in [-0.4, -0.2) is 13.7 Å². The Kier molecular flexibility index (Phi) is 7.56. The average Bonchev–Trinajstić information content (AvgIpc) is 4.10. The topological polar surface area (TPSA) is 14.8 Å². The molecule has 4 aromatic heterocycles. The van der Waals surface area contributed by atoms with Crippen LogP contribution in [0.25, 0.3) is 125 Å². The molecule has 10 aromatic carbocycles. The molecule has 0 atom stereocenters. The van der Waals surface area contributed by atoms with Crippen LogP contribution in [-0.2, 0) is 0 Å². The van der Waals surface area contributed by atoms with Crippen molar-refractivity contribution in [2.45, 2.75) is 0 Å². The smallest absolute Gasteiger partial charge is 0.0555 e. The number of nitrogens with zero attached hydrogens (tertiary/aromatic N) is 3. The van der Waals surface area contributed by atoms with Gasteiger partial charge in [0.2, 0.25) is 0 Å². The molecule has 0 N–H and O–H groups in total. The molecule has 14 aromatic rings. The van der Waals surface area contributed by atoms with E-state index >= 15 is 0 Å². The molecule has 0 amide bonds. The second-order valence-electron chi connectivity index (χ2n) is 16.9. The average molecular weight is 832 g/mol. The summed E-state index contributed by atoms with van der Waals surface area (Å²) >= 11 is 1.87. The third-order valence-corrected chi connectivity index (χ3v) is 14.6. The Morgan fingerprint density at radius 1 is 0.266 bits per heavy atom. The Morgan fingerprint density at radius 3 is 1.33 bits per heavy atom. The second kappa shape index (κ2) is 13.7. The van der Waals surface area contributed by atoms with E-state index < -0.39 is 0 Å². The molecule has 0 fully saturated rings. The number of hydrogen-bond acceptors (Lipinski definition) is 1. The molecule has 0 saturated heterocycles. The van der Waals surface area contributed by atoms with Gasteiger partial charge < -0.3 is 13.7 Å². The van der Waals surface area contributed by atoms with Gasteiger partial charge in [-0.3, -0.25) is 0 Å². The van der Waals surface area contributed by atoms with E-state index in [0.29, 0.717) is 0 Å². The van der Waals surface area contributed by atoms with Crippen LogP contribution in [0.1, 0.15) is 0 Å². The van der Waals surface area contributed by atoms with E-state index in [1.165, 1.54) is 114 Å². The van der Waals surface area contributed by atoms with E-state index in [-0.39, 0.29) is 0 Å². The molecule has 0 spiro atoms. The second-order valence-corrected chi connectivity index (χ2v) is 17.9. The highest BCUT2D eigenvalue weighted by Crippen LogP contribution is 2.44. The summed E-state index contributed by atoms with van der Waals surface area (Å²) in [4.78, 5) is 0. The maximum atomic E-state index is 2.50. The lowest BCUT2D eigenvalue weighted by Crippen LogP contribution is -1.97. The van der Waals surface area contributed by atoms with Crippen LogP contribution < -0.4 is 0 Å². The van der Waals surface area contributed by atoms with Crippen molar-refractivity contribution in [3.05, 3.63) is 224 Å². The first-order valence-corrected chi connectivity index (χ1v) is 22.7. The summed E-state index contributed by atoms with van der Waals surface area (Å²) in [5.74, 6) is 0. The number of fused-ring (bicyclic) bond motifs is 12. The minimum Gasteiger partial charge on any atom is -0.309 e. The molecule has 14 rings (SSSR count). The summed E-state index contributed by atoms with van der Waals surface area (Å²) in [6.45, 7) is 0. The Morgan fingerprint density at radius 2 is 0.734 bits per heavy atom. The van der Waals surface area contributed by atoms with Crippen molar-refractivity contribution in [2.75, 3.05) is 0 Å². The molecular formula is C60H37N3S. The fourth-order valence-electron chi connectivity index (χ4n) is 10.7. The lowest BCUT2D eigenvalue weighted by atomic mass is 9.94. The van der Waals surface area contributed by atoms with Gasteiger partial charge in [-0.15, -0.1) is 11.3 Å². The van der Waals surface area contributed by atoms with Crippen LogP contribution in [0.5, 0.6) is 0 Å². The zero-order valence-corrected chi connectivity index (χ0v) is 35.4. The molecule has 298 valence electrons. The summed E-state index contributed by atoms with van der Waals surface area (Å²) in [5, 5.41) is 10.1. The largest absolute Gasteiger partial charge is 0.309 e. The lowest BCUT2D eigenvalue weighted by molar-refractivity contribution is 1.16. The fraction of sp³-hybridized carbons (Fsp3) is 0. The van der Waals surface area contributed by atoms with Crippen LogP contribution in [0.15, 0.2) is 224 Å². The first-order valence-electron chi connectivity index (χ1n) is 21.9. The van der Waals surface area contributed by atoms with Gasteiger partial charge in [0.25, 0.3) is 0 Å². The fourth-order valence-corrected chi connectivity index (χ4v) is 11.8. The van der Waals surface area contributed by atoms with Crippen molar-refractivity contribution in [1.82, 2.24) is 13.7 Å². The number of rotatable bonds is 5. The number of para-hydroxylation sites is 4. The highest BCUT2D eigenvalue weighted by Gasteiger charge is 2.21. The Bertz CT molecular complexity index is 4140. The minimum atomic E-state index is 1.15. The van der Waals surface area contributed by atoms with Crippen molar-refractivity contribution in [3.63, 3.8) is 0 Å². The maximum Gasteiger partial charge on any atom is 0.0555 e.